The van der Waals surface area contributed by atoms with E-state index in [1.54, 1.807) is 12.3 Å². The van der Waals surface area contributed by atoms with Crippen LogP contribution < -0.4 is 15.8 Å². The van der Waals surface area contributed by atoms with E-state index in [1.165, 1.54) is 0 Å². The van der Waals surface area contributed by atoms with Crippen LogP contribution >= 0.6 is 0 Å². The summed E-state index contributed by atoms with van der Waals surface area (Å²) in [6, 6.07) is 11.6. The van der Waals surface area contributed by atoms with Crippen LogP contribution in [-0.4, -0.2) is 71.2 Å². The highest BCUT2D eigenvalue weighted by atomic mass is 19.1. The summed E-state index contributed by atoms with van der Waals surface area (Å²) in [5.74, 6) is 0.690. The minimum atomic E-state index is -0.590. The van der Waals surface area contributed by atoms with Crippen LogP contribution in [0.15, 0.2) is 47.4 Å². The summed E-state index contributed by atoms with van der Waals surface area (Å²) in [6.07, 6.45) is 4.82. The maximum absolute atomic E-state index is 12.5. The second kappa shape index (κ2) is 9.89. The third-order valence-electron chi connectivity index (χ3n) is 6.94. The van der Waals surface area contributed by atoms with Gasteiger partial charge in [-0.25, -0.2) is 14.4 Å². The second-order valence-electron chi connectivity index (χ2n) is 9.01. The van der Waals surface area contributed by atoms with Crippen LogP contribution in [0.25, 0.3) is 10.9 Å². The van der Waals surface area contributed by atoms with Gasteiger partial charge in [-0.3, -0.25) is 14.5 Å². The van der Waals surface area contributed by atoms with Gasteiger partial charge in [-0.1, -0.05) is 12.1 Å². The molecule has 2 saturated heterocycles. The van der Waals surface area contributed by atoms with Crippen LogP contribution in [0.3, 0.4) is 0 Å². The van der Waals surface area contributed by atoms with Crippen LogP contribution in [-0.2, 0) is 0 Å². The average molecular weight is 465 g/mol. The van der Waals surface area contributed by atoms with Crippen molar-refractivity contribution < 1.29 is 9.18 Å². The minimum Gasteiger partial charge on any atom is -0.370 e. The molecule has 2 aromatic heterocycles. The predicted octanol–water partition coefficient (Wildman–Crippen LogP) is 2.48. The van der Waals surface area contributed by atoms with E-state index in [9.17, 15) is 14.0 Å². The van der Waals surface area contributed by atoms with Crippen molar-refractivity contribution in [2.45, 2.75) is 31.2 Å². The highest BCUT2D eigenvalue weighted by Crippen LogP contribution is 2.30. The van der Waals surface area contributed by atoms with Gasteiger partial charge in [0.15, 0.2) is 0 Å². The SMILES string of the molecule is O=C(NCCF)c1ccc(N2CCC(N3CCC(c4nc5ccccc5c(=O)[nH]4)C3)CC2)cn1. The average Bonchev–Trinajstić information content (AvgIpc) is 3.38. The molecule has 5 rings (SSSR count). The normalized spacial score (nSPS) is 19.6. The number of alkyl halides is 1. The van der Waals surface area contributed by atoms with Gasteiger partial charge in [0.2, 0.25) is 0 Å². The van der Waals surface area contributed by atoms with Gasteiger partial charge in [0, 0.05) is 38.1 Å². The van der Waals surface area contributed by atoms with E-state index in [0.29, 0.717) is 17.1 Å². The van der Waals surface area contributed by atoms with Crippen LogP contribution in [0, 0.1) is 0 Å². The Hall–Kier alpha value is -3.33. The van der Waals surface area contributed by atoms with Crippen molar-refractivity contribution >= 4 is 22.5 Å². The number of aromatic amines is 1. The zero-order valence-corrected chi connectivity index (χ0v) is 19.0. The summed E-state index contributed by atoms with van der Waals surface area (Å²) in [5, 5.41) is 3.13. The Balaban J connectivity index is 1.17. The molecule has 1 amide bonds. The Kier molecular flexibility index (Phi) is 6.53. The number of aromatic nitrogens is 3. The van der Waals surface area contributed by atoms with Gasteiger partial charge < -0.3 is 15.2 Å². The number of carbonyl (C=O) groups excluding carboxylic acids is 1. The van der Waals surface area contributed by atoms with Gasteiger partial charge in [0.1, 0.15) is 18.2 Å². The lowest BCUT2D eigenvalue weighted by Crippen LogP contribution is -2.44. The molecule has 0 radical (unpaired) electrons. The van der Waals surface area contributed by atoms with E-state index in [1.807, 2.05) is 30.3 Å². The lowest BCUT2D eigenvalue weighted by molar-refractivity contribution is 0.0946. The van der Waals surface area contributed by atoms with E-state index in [0.717, 1.165) is 62.5 Å². The van der Waals surface area contributed by atoms with Crippen molar-refractivity contribution in [3.63, 3.8) is 0 Å². The third kappa shape index (κ3) is 4.65. The summed E-state index contributed by atoms with van der Waals surface area (Å²) in [7, 11) is 0. The first-order chi connectivity index (χ1) is 16.6. The van der Waals surface area contributed by atoms with Crippen molar-refractivity contribution in [3.05, 3.63) is 64.5 Å². The Bertz CT molecular complexity index is 1210. The molecule has 0 aliphatic carbocycles. The van der Waals surface area contributed by atoms with Gasteiger partial charge in [0.25, 0.3) is 11.5 Å². The molecule has 1 unspecified atom stereocenters. The molecule has 2 aliphatic rings. The number of hydrogen-bond donors (Lipinski definition) is 2. The van der Waals surface area contributed by atoms with Crippen molar-refractivity contribution in [2.75, 3.05) is 44.3 Å². The number of nitrogens with one attached hydrogen (secondary N) is 2. The number of pyridine rings is 1. The predicted molar refractivity (Wildman–Crippen MR) is 129 cm³/mol. The van der Waals surface area contributed by atoms with Gasteiger partial charge in [0.05, 0.1) is 22.8 Å². The van der Waals surface area contributed by atoms with Crippen LogP contribution in [0.5, 0.6) is 0 Å². The molecule has 0 saturated carbocycles. The number of carbonyl (C=O) groups is 1. The minimum absolute atomic E-state index is 0.000144. The summed E-state index contributed by atoms with van der Waals surface area (Å²) >= 11 is 0. The number of amides is 1. The molecule has 3 aromatic rings. The Morgan fingerprint density at radius 1 is 1.12 bits per heavy atom. The number of hydrogen-bond acceptors (Lipinski definition) is 6. The van der Waals surface area contributed by atoms with Crippen molar-refractivity contribution in [1.82, 2.24) is 25.2 Å². The van der Waals surface area contributed by atoms with Crippen LogP contribution in [0.1, 0.15) is 41.5 Å². The van der Waals surface area contributed by atoms with Crippen molar-refractivity contribution in [3.8, 4) is 0 Å². The van der Waals surface area contributed by atoms with Gasteiger partial charge in [-0.2, -0.15) is 0 Å². The molecule has 4 heterocycles. The Labute approximate surface area is 197 Å². The van der Waals surface area contributed by atoms with Gasteiger partial charge in [-0.15, -0.1) is 0 Å². The fourth-order valence-electron chi connectivity index (χ4n) is 5.09. The summed E-state index contributed by atoms with van der Waals surface area (Å²) < 4.78 is 12.2. The first kappa shape index (κ1) is 22.5. The van der Waals surface area contributed by atoms with Crippen LogP contribution in [0.4, 0.5) is 10.1 Å². The van der Waals surface area contributed by atoms with Gasteiger partial charge >= 0.3 is 0 Å². The number of para-hydroxylation sites is 1. The summed E-state index contributed by atoms with van der Waals surface area (Å²) in [6.45, 7) is 3.18. The molecule has 9 heteroatoms. The zero-order chi connectivity index (χ0) is 23.5. The monoisotopic (exact) mass is 464 g/mol. The summed E-state index contributed by atoms with van der Waals surface area (Å²) in [4.78, 5) is 41.2. The number of piperidine rings is 1. The third-order valence-corrected chi connectivity index (χ3v) is 6.94. The van der Waals surface area contributed by atoms with Crippen LogP contribution in [0.2, 0.25) is 0 Å². The quantitative estimate of drug-likeness (QED) is 0.582. The van der Waals surface area contributed by atoms with Crippen molar-refractivity contribution in [1.29, 1.82) is 0 Å². The molecule has 0 bridgehead atoms. The maximum atomic E-state index is 12.5. The highest BCUT2D eigenvalue weighted by Gasteiger charge is 2.32. The molecule has 34 heavy (non-hydrogen) atoms. The number of benzene rings is 1. The number of fused-ring (bicyclic) bond motifs is 1. The van der Waals surface area contributed by atoms with Crippen molar-refractivity contribution in [2.24, 2.45) is 0 Å². The van der Waals surface area contributed by atoms with E-state index < -0.39 is 6.67 Å². The van der Waals surface area contributed by atoms with Gasteiger partial charge in [-0.05, 0) is 50.1 Å². The molecule has 1 aromatic carbocycles. The standard InChI is InChI=1S/C25H29FN6O2/c26-10-11-27-25(34)22-6-5-19(15-28-22)31-13-8-18(9-14-31)32-12-7-17(16-32)23-29-21-4-2-1-3-20(21)24(33)30-23/h1-6,15,17-18H,7-14,16H2,(H,27,34)(H,29,30,33). The van der Waals surface area contributed by atoms with E-state index in [2.05, 4.69) is 25.1 Å². The Morgan fingerprint density at radius 2 is 1.94 bits per heavy atom. The number of likely N-dealkylation sites (tertiary alicyclic amines) is 1. The molecule has 0 spiro atoms. The molecular formula is C25H29FN6O2. The second-order valence-corrected chi connectivity index (χ2v) is 9.01. The number of nitrogens with zero attached hydrogens (tertiary/aromatic N) is 4. The highest BCUT2D eigenvalue weighted by molar-refractivity contribution is 5.92. The lowest BCUT2D eigenvalue weighted by atomic mass is 10.0. The number of H-pyrrole nitrogens is 1. The van der Waals surface area contributed by atoms with E-state index >= 15 is 0 Å². The fourth-order valence-corrected chi connectivity index (χ4v) is 5.09. The first-order valence-corrected chi connectivity index (χ1v) is 11.9. The number of rotatable bonds is 6. The van der Waals surface area contributed by atoms with E-state index in [-0.39, 0.29) is 23.9 Å². The number of anilines is 1. The Morgan fingerprint density at radius 3 is 2.71 bits per heavy atom. The molecular weight excluding hydrogens is 435 g/mol. The molecule has 2 N–H and O–H groups in total. The molecule has 8 nitrogen and oxygen atoms in total. The largest absolute Gasteiger partial charge is 0.370 e. The fraction of sp³-hybridized carbons (Fsp3) is 0.440. The lowest BCUT2D eigenvalue weighted by Gasteiger charge is -2.37. The summed E-state index contributed by atoms with van der Waals surface area (Å²) in [5.41, 5.74) is 1.99. The molecule has 178 valence electrons. The smallest absolute Gasteiger partial charge is 0.269 e. The molecule has 1 atom stereocenters. The number of halogens is 1. The maximum Gasteiger partial charge on any atom is 0.269 e. The molecule has 2 aliphatic heterocycles. The molecule has 2 fully saturated rings. The zero-order valence-electron chi connectivity index (χ0n) is 19.0. The van der Waals surface area contributed by atoms with E-state index in [4.69, 9.17) is 4.98 Å². The topological polar surface area (TPSA) is 94.2 Å². The first-order valence-electron chi connectivity index (χ1n) is 11.9.